The fourth-order valence-electron chi connectivity index (χ4n) is 6.78. The molecule has 2 fully saturated rings. The van der Waals surface area contributed by atoms with Crippen molar-refractivity contribution in [1.82, 2.24) is 29.1 Å². The van der Waals surface area contributed by atoms with Gasteiger partial charge in [0.1, 0.15) is 22.9 Å². The number of carbonyl (C=O) groups excluding carboxylic acids is 2. The van der Waals surface area contributed by atoms with Crippen LogP contribution in [-0.2, 0) is 9.47 Å². The van der Waals surface area contributed by atoms with Crippen molar-refractivity contribution in [2.45, 2.75) is 96.1 Å². The molecular weight excluding hydrogens is 673 g/mol. The lowest BCUT2D eigenvalue weighted by Gasteiger charge is -2.35. The molecule has 0 saturated carbocycles. The molecule has 3 aromatic carbocycles. The summed E-state index contributed by atoms with van der Waals surface area (Å²) in [7, 11) is 0. The number of hydrogen-bond donors (Lipinski definition) is 2. The number of likely N-dealkylation sites (tertiary alicyclic amines) is 1. The first kappa shape index (κ1) is 35.6. The van der Waals surface area contributed by atoms with Gasteiger partial charge in [-0.2, -0.15) is 0 Å². The van der Waals surface area contributed by atoms with Crippen LogP contribution >= 0.6 is 11.9 Å². The van der Waals surface area contributed by atoms with E-state index in [0.717, 1.165) is 88.3 Å². The second-order valence-electron chi connectivity index (χ2n) is 15.7. The molecular formula is C41H48N6O4S. The Morgan fingerprint density at radius 1 is 0.712 bits per heavy atom. The number of carbonyl (C=O) groups is 2. The summed E-state index contributed by atoms with van der Waals surface area (Å²) >= 11 is 1.49. The molecule has 2 saturated heterocycles. The number of benzene rings is 3. The molecule has 52 heavy (non-hydrogen) atoms. The fourth-order valence-corrected chi connectivity index (χ4v) is 7.94. The molecule has 2 amide bonds. The molecule has 7 rings (SSSR count). The van der Waals surface area contributed by atoms with E-state index in [9.17, 15) is 9.59 Å². The van der Waals surface area contributed by atoms with E-state index in [2.05, 4.69) is 75.6 Å². The predicted octanol–water partition coefficient (Wildman–Crippen LogP) is 10.5. The highest BCUT2D eigenvalue weighted by atomic mass is 32.2. The maximum absolute atomic E-state index is 13.0. The van der Waals surface area contributed by atoms with Crippen LogP contribution in [0.15, 0.2) is 72.9 Å². The SMILES string of the molecule is CC(C)(C)OC(=O)N1CCC[C@@H](c2ncc(-c3ccc(-c4ccc(-c5ccc6nc([C@@H]7CCCCN7C(=O)OC(C)(C)C)[nH]c6c5)cc4)cc3)[nH]2)S1. The Kier molecular flexibility index (Phi) is 9.82. The molecule has 2 atom stereocenters. The zero-order chi connectivity index (χ0) is 36.6. The zero-order valence-electron chi connectivity index (χ0n) is 30.9. The summed E-state index contributed by atoms with van der Waals surface area (Å²) in [6.45, 7) is 12.7. The molecule has 272 valence electrons. The zero-order valence-corrected chi connectivity index (χ0v) is 31.7. The predicted molar refractivity (Wildman–Crippen MR) is 207 cm³/mol. The highest BCUT2D eigenvalue weighted by molar-refractivity contribution is 7.97. The first-order chi connectivity index (χ1) is 24.8. The average Bonchev–Trinajstić information content (AvgIpc) is 3.78. The third kappa shape index (κ3) is 8.14. The number of amides is 2. The van der Waals surface area contributed by atoms with Crippen molar-refractivity contribution in [2.24, 2.45) is 0 Å². The molecule has 0 spiro atoms. The highest BCUT2D eigenvalue weighted by Gasteiger charge is 2.34. The van der Waals surface area contributed by atoms with Gasteiger partial charge in [-0.25, -0.2) is 19.6 Å². The number of aromatic nitrogens is 4. The number of rotatable bonds is 5. The molecule has 2 aliphatic heterocycles. The molecule has 2 N–H and O–H groups in total. The second kappa shape index (κ2) is 14.3. The summed E-state index contributed by atoms with van der Waals surface area (Å²) in [6.07, 6.45) is 5.99. The molecule has 11 heteroatoms. The summed E-state index contributed by atoms with van der Waals surface area (Å²) < 4.78 is 13.0. The maximum Gasteiger partial charge on any atom is 0.420 e. The van der Waals surface area contributed by atoms with Crippen molar-refractivity contribution in [3.05, 3.63) is 84.6 Å². The van der Waals surface area contributed by atoms with Crippen LogP contribution in [0, 0.1) is 0 Å². The molecule has 2 aromatic heterocycles. The summed E-state index contributed by atoms with van der Waals surface area (Å²) in [6, 6.07) is 23.2. The Hall–Kier alpha value is -4.77. The van der Waals surface area contributed by atoms with E-state index >= 15 is 0 Å². The van der Waals surface area contributed by atoms with Gasteiger partial charge in [0.15, 0.2) is 0 Å². The van der Waals surface area contributed by atoms with Crippen LogP contribution in [0.4, 0.5) is 9.59 Å². The number of fused-ring (bicyclic) bond motifs is 1. The molecule has 0 bridgehead atoms. The van der Waals surface area contributed by atoms with Gasteiger partial charge in [-0.3, -0.25) is 9.21 Å². The van der Waals surface area contributed by atoms with Crippen LogP contribution in [-0.4, -0.2) is 65.6 Å². The van der Waals surface area contributed by atoms with Gasteiger partial charge in [0.05, 0.1) is 34.2 Å². The second-order valence-corrected chi connectivity index (χ2v) is 16.9. The lowest BCUT2D eigenvalue weighted by Crippen LogP contribution is -2.42. The van der Waals surface area contributed by atoms with Crippen LogP contribution in [0.2, 0.25) is 0 Å². The molecule has 10 nitrogen and oxygen atoms in total. The van der Waals surface area contributed by atoms with E-state index < -0.39 is 11.2 Å². The monoisotopic (exact) mass is 720 g/mol. The van der Waals surface area contributed by atoms with Gasteiger partial charge >= 0.3 is 12.2 Å². The lowest BCUT2D eigenvalue weighted by atomic mass is 9.99. The minimum absolute atomic E-state index is 0.0650. The number of imidazole rings is 2. The van der Waals surface area contributed by atoms with Crippen LogP contribution in [0.3, 0.4) is 0 Å². The fraction of sp³-hybridized carbons (Fsp3) is 0.415. The third-order valence-corrected chi connectivity index (χ3v) is 10.6. The Bertz CT molecular complexity index is 2040. The summed E-state index contributed by atoms with van der Waals surface area (Å²) in [4.78, 5) is 44.1. The normalized spacial score (nSPS) is 18.4. The van der Waals surface area contributed by atoms with Crippen molar-refractivity contribution in [3.63, 3.8) is 0 Å². The largest absolute Gasteiger partial charge is 0.444 e. The maximum atomic E-state index is 13.0. The van der Waals surface area contributed by atoms with Gasteiger partial charge in [-0.1, -0.05) is 54.6 Å². The number of nitrogens with one attached hydrogen (secondary N) is 2. The number of aromatic amines is 2. The van der Waals surface area contributed by atoms with Crippen LogP contribution in [0.5, 0.6) is 0 Å². The Morgan fingerprint density at radius 3 is 2.00 bits per heavy atom. The van der Waals surface area contributed by atoms with Crippen molar-refractivity contribution in [1.29, 1.82) is 0 Å². The van der Waals surface area contributed by atoms with Gasteiger partial charge in [-0.05, 0) is 126 Å². The van der Waals surface area contributed by atoms with E-state index in [4.69, 9.17) is 14.5 Å². The van der Waals surface area contributed by atoms with Crippen LogP contribution < -0.4 is 0 Å². The topological polar surface area (TPSA) is 116 Å². The quantitative estimate of drug-likeness (QED) is 0.174. The molecule has 0 radical (unpaired) electrons. The number of H-pyrrole nitrogens is 2. The van der Waals surface area contributed by atoms with Crippen molar-refractivity contribution < 1.29 is 19.1 Å². The van der Waals surface area contributed by atoms with Crippen molar-refractivity contribution in [2.75, 3.05) is 13.1 Å². The summed E-state index contributed by atoms with van der Waals surface area (Å²) in [5.74, 6) is 1.68. The minimum atomic E-state index is -0.545. The van der Waals surface area contributed by atoms with Gasteiger partial charge in [-0.15, -0.1) is 0 Å². The van der Waals surface area contributed by atoms with E-state index in [1.54, 1.807) is 4.31 Å². The van der Waals surface area contributed by atoms with Crippen molar-refractivity contribution in [3.8, 4) is 33.5 Å². The first-order valence-electron chi connectivity index (χ1n) is 18.2. The van der Waals surface area contributed by atoms with Crippen LogP contribution in [0.25, 0.3) is 44.5 Å². The summed E-state index contributed by atoms with van der Waals surface area (Å²) in [5, 5.41) is 0.0650. The van der Waals surface area contributed by atoms with Gasteiger partial charge < -0.3 is 19.4 Å². The van der Waals surface area contributed by atoms with Gasteiger partial charge in [0.2, 0.25) is 0 Å². The van der Waals surface area contributed by atoms with E-state index in [-0.39, 0.29) is 23.5 Å². The van der Waals surface area contributed by atoms with E-state index in [1.165, 1.54) is 11.9 Å². The Morgan fingerprint density at radius 2 is 1.33 bits per heavy atom. The van der Waals surface area contributed by atoms with Gasteiger partial charge in [0.25, 0.3) is 0 Å². The number of nitrogens with zero attached hydrogens (tertiary/aromatic N) is 4. The standard InChI is InChI=1S/C41H48N6O4S/c1-40(2,3)50-38(48)46-22-8-7-10-34(46)36-43-31-21-20-30(24-32(31)44-36)28-14-12-26(13-15-28)27-16-18-29(19-17-27)33-25-42-37(45-33)35-11-9-23-47(52-35)39(49)51-41(4,5)6/h12-21,24-25,34-35H,7-11,22-23H2,1-6H3,(H,42,45)(H,43,44)/t34-,35-/m0/s1. The summed E-state index contributed by atoms with van der Waals surface area (Å²) in [5.41, 5.74) is 7.23. The molecule has 2 aliphatic rings. The number of ether oxygens (including phenoxy) is 2. The molecule has 0 aliphatic carbocycles. The van der Waals surface area contributed by atoms with E-state index in [0.29, 0.717) is 13.1 Å². The Labute approximate surface area is 309 Å². The minimum Gasteiger partial charge on any atom is -0.444 e. The number of piperidine rings is 1. The number of hydrogen-bond acceptors (Lipinski definition) is 7. The molecule has 4 heterocycles. The smallest absolute Gasteiger partial charge is 0.420 e. The first-order valence-corrected chi connectivity index (χ1v) is 19.1. The molecule has 5 aromatic rings. The van der Waals surface area contributed by atoms with Crippen LogP contribution in [0.1, 0.15) is 96.6 Å². The van der Waals surface area contributed by atoms with Gasteiger partial charge in [0, 0.05) is 13.1 Å². The van der Waals surface area contributed by atoms with E-state index in [1.807, 2.05) is 58.7 Å². The van der Waals surface area contributed by atoms with Crippen molar-refractivity contribution >= 4 is 35.2 Å². The highest BCUT2D eigenvalue weighted by Crippen LogP contribution is 2.40. The molecule has 0 unspecified atom stereocenters. The Balaban J connectivity index is 1.01. The average molecular weight is 721 g/mol. The lowest BCUT2D eigenvalue weighted by molar-refractivity contribution is 0.00853. The third-order valence-electron chi connectivity index (χ3n) is 9.27.